The highest BCUT2D eigenvalue weighted by atomic mass is 19.4. The predicted octanol–water partition coefficient (Wildman–Crippen LogP) is 4.34. The fourth-order valence-corrected chi connectivity index (χ4v) is 3.45. The largest absolute Gasteiger partial charge is 0.493 e. The summed E-state index contributed by atoms with van der Waals surface area (Å²) < 4.78 is 45.1. The molecule has 1 aliphatic rings. The molecule has 1 heterocycles. The van der Waals surface area contributed by atoms with Crippen LogP contribution in [0.5, 0.6) is 5.88 Å². The molecule has 3 rings (SSSR count). The molecule has 0 radical (unpaired) electrons. The van der Waals surface area contributed by atoms with Gasteiger partial charge in [-0.05, 0) is 54.7 Å². The molecule has 2 aromatic rings. The van der Waals surface area contributed by atoms with Gasteiger partial charge in [0.25, 0.3) is 0 Å². The van der Waals surface area contributed by atoms with Crippen LogP contribution < -0.4 is 0 Å². The number of hydrogen-bond donors (Lipinski definition) is 1. The van der Waals surface area contributed by atoms with E-state index in [9.17, 15) is 27.9 Å². The van der Waals surface area contributed by atoms with E-state index >= 15 is 0 Å². The molecule has 32 heavy (non-hydrogen) atoms. The zero-order valence-corrected chi connectivity index (χ0v) is 17.9. The van der Waals surface area contributed by atoms with Gasteiger partial charge in [-0.1, -0.05) is 6.07 Å². The maximum atomic E-state index is 13.4. The first-order chi connectivity index (χ1) is 15.1. The number of rotatable bonds is 8. The second-order valence-electron chi connectivity index (χ2n) is 7.80. The van der Waals surface area contributed by atoms with Gasteiger partial charge >= 0.3 is 12.1 Å². The van der Waals surface area contributed by atoms with Crippen LogP contribution in [0, 0.1) is 5.92 Å². The molecule has 172 valence electrons. The Morgan fingerprint density at radius 2 is 1.94 bits per heavy atom. The first kappa shape index (κ1) is 23.6. The summed E-state index contributed by atoms with van der Waals surface area (Å²) in [5, 5.41) is 10.4. The molecule has 1 aromatic carbocycles. The zero-order valence-electron chi connectivity index (χ0n) is 17.9. The van der Waals surface area contributed by atoms with E-state index in [1.807, 2.05) is 0 Å². The van der Waals surface area contributed by atoms with E-state index in [-0.39, 0.29) is 42.0 Å². The van der Waals surface area contributed by atoms with Gasteiger partial charge in [-0.2, -0.15) is 13.2 Å². The van der Waals surface area contributed by atoms with E-state index in [0.717, 1.165) is 25.0 Å². The molecule has 0 spiro atoms. The number of benzene rings is 1. The summed E-state index contributed by atoms with van der Waals surface area (Å²) in [7, 11) is 0. The summed E-state index contributed by atoms with van der Waals surface area (Å²) in [5.74, 6) is -0.905. The lowest BCUT2D eigenvalue weighted by Crippen LogP contribution is -2.31. The molecule has 0 aliphatic heterocycles. The molecule has 1 N–H and O–H groups in total. The van der Waals surface area contributed by atoms with Gasteiger partial charge in [0.05, 0.1) is 12.2 Å². The summed E-state index contributed by atoms with van der Waals surface area (Å²) in [6, 6.07) is 4.86. The summed E-state index contributed by atoms with van der Waals surface area (Å²) in [6.45, 7) is 3.53. The number of carbonyl (C=O) groups excluding carboxylic acids is 2. The van der Waals surface area contributed by atoms with E-state index in [4.69, 9.17) is 4.74 Å². The van der Waals surface area contributed by atoms with Gasteiger partial charge in [-0.15, -0.1) is 0 Å². The van der Waals surface area contributed by atoms with Crippen LogP contribution in [0.3, 0.4) is 0 Å². The number of esters is 1. The van der Waals surface area contributed by atoms with Crippen molar-refractivity contribution in [1.29, 1.82) is 0 Å². The Balaban J connectivity index is 1.99. The Bertz CT molecular complexity index is 1000. The summed E-state index contributed by atoms with van der Waals surface area (Å²) >= 11 is 0. The minimum atomic E-state index is -4.54. The van der Waals surface area contributed by atoms with Crippen LogP contribution in [-0.4, -0.2) is 40.0 Å². The number of halogens is 3. The molecule has 0 atom stereocenters. The minimum Gasteiger partial charge on any atom is -0.493 e. The van der Waals surface area contributed by atoms with Crippen LogP contribution in [0.15, 0.2) is 30.5 Å². The Hall–Kier alpha value is -3.10. The average Bonchev–Trinajstić information content (AvgIpc) is 3.57. The Morgan fingerprint density at radius 1 is 1.22 bits per heavy atom. The molecule has 1 amide bonds. The number of aromatic nitrogens is 1. The van der Waals surface area contributed by atoms with Crippen molar-refractivity contribution in [1.82, 2.24) is 9.88 Å². The third-order valence-corrected chi connectivity index (χ3v) is 5.32. The molecular weight excluding hydrogens is 425 g/mol. The van der Waals surface area contributed by atoms with Gasteiger partial charge in [-0.25, -0.2) is 4.98 Å². The lowest BCUT2D eigenvalue weighted by Gasteiger charge is -2.23. The number of amides is 1. The van der Waals surface area contributed by atoms with E-state index < -0.39 is 17.7 Å². The number of hydrogen-bond acceptors (Lipinski definition) is 5. The molecule has 9 heteroatoms. The second kappa shape index (κ2) is 9.58. The number of carbonyl (C=O) groups is 2. The van der Waals surface area contributed by atoms with Crippen molar-refractivity contribution in [2.75, 3.05) is 13.2 Å². The van der Waals surface area contributed by atoms with Crippen LogP contribution in [0.1, 0.15) is 43.4 Å². The third-order valence-electron chi connectivity index (χ3n) is 5.32. The quantitative estimate of drug-likeness (QED) is 0.606. The standard InChI is InChI=1S/C23H25F3N2O4/c1-3-28(22(31)16-4-5-16)13-17-11-18(23(24,25)26)6-7-19(17)20-10-15(12-27-21(20)30)8-9-32-14(2)29/h6-7,10-12,16H,3-5,8-9,13H2,1-2H3,(H,27,30). The topological polar surface area (TPSA) is 79.7 Å². The molecule has 6 nitrogen and oxygen atoms in total. The van der Waals surface area contributed by atoms with E-state index in [2.05, 4.69) is 4.98 Å². The molecule has 1 saturated carbocycles. The monoisotopic (exact) mass is 450 g/mol. The van der Waals surface area contributed by atoms with Gasteiger partial charge in [0.1, 0.15) is 0 Å². The van der Waals surface area contributed by atoms with Gasteiger partial charge in [-0.3, -0.25) is 9.59 Å². The third kappa shape index (κ3) is 5.77. The fourth-order valence-electron chi connectivity index (χ4n) is 3.45. The molecule has 0 unspecified atom stereocenters. The van der Waals surface area contributed by atoms with E-state index in [0.29, 0.717) is 24.1 Å². The normalized spacial score (nSPS) is 13.7. The molecule has 1 fully saturated rings. The van der Waals surface area contributed by atoms with Crippen LogP contribution in [0.25, 0.3) is 11.1 Å². The zero-order chi connectivity index (χ0) is 23.5. The lowest BCUT2D eigenvalue weighted by molar-refractivity contribution is -0.141. The van der Waals surface area contributed by atoms with Crippen molar-refractivity contribution < 1.29 is 32.6 Å². The maximum Gasteiger partial charge on any atom is 0.416 e. The predicted molar refractivity (Wildman–Crippen MR) is 110 cm³/mol. The van der Waals surface area contributed by atoms with E-state index in [1.54, 1.807) is 13.0 Å². The highest BCUT2D eigenvalue weighted by Gasteiger charge is 2.34. The van der Waals surface area contributed by atoms with Crippen LogP contribution >= 0.6 is 0 Å². The Labute approximate surface area is 184 Å². The summed E-state index contributed by atoms with van der Waals surface area (Å²) in [6.07, 6.45) is -1.21. The highest BCUT2D eigenvalue weighted by molar-refractivity contribution is 5.81. The molecule has 0 saturated heterocycles. The van der Waals surface area contributed by atoms with Crippen molar-refractivity contribution >= 4 is 11.9 Å². The Kier molecular flexibility index (Phi) is 7.06. The average molecular weight is 450 g/mol. The molecular formula is C23H25F3N2O4. The fraction of sp³-hybridized carbons (Fsp3) is 0.435. The Morgan fingerprint density at radius 3 is 2.53 bits per heavy atom. The van der Waals surface area contributed by atoms with Crippen LogP contribution in [0.2, 0.25) is 0 Å². The molecule has 1 aliphatic carbocycles. The van der Waals surface area contributed by atoms with Crippen LogP contribution in [-0.2, 0) is 33.5 Å². The highest BCUT2D eigenvalue weighted by Crippen LogP contribution is 2.37. The van der Waals surface area contributed by atoms with E-state index in [1.165, 1.54) is 24.1 Å². The van der Waals surface area contributed by atoms with Crippen molar-refractivity contribution in [2.24, 2.45) is 5.92 Å². The number of aromatic hydroxyl groups is 1. The molecule has 0 bridgehead atoms. The number of pyridine rings is 1. The number of nitrogens with zero attached hydrogens (tertiary/aromatic N) is 2. The smallest absolute Gasteiger partial charge is 0.416 e. The van der Waals surface area contributed by atoms with Gasteiger partial charge < -0.3 is 14.7 Å². The summed E-state index contributed by atoms with van der Waals surface area (Å²) in [4.78, 5) is 29.0. The van der Waals surface area contributed by atoms with Crippen molar-refractivity contribution in [3.8, 4) is 17.0 Å². The maximum absolute atomic E-state index is 13.4. The van der Waals surface area contributed by atoms with Crippen molar-refractivity contribution in [3.05, 3.63) is 47.2 Å². The first-order valence-corrected chi connectivity index (χ1v) is 10.4. The second-order valence-corrected chi connectivity index (χ2v) is 7.80. The van der Waals surface area contributed by atoms with Gasteiger partial charge in [0.15, 0.2) is 0 Å². The SMILES string of the molecule is CCN(Cc1cc(C(F)(F)F)ccc1-c1cc(CCOC(C)=O)cnc1O)C(=O)C1CC1. The molecule has 1 aromatic heterocycles. The van der Waals surface area contributed by atoms with Crippen molar-refractivity contribution in [3.63, 3.8) is 0 Å². The number of alkyl halides is 3. The van der Waals surface area contributed by atoms with Gasteiger partial charge in [0.2, 0.25) is 11.8 Å². The van der Waals surface area contributed by atoms with Gasteiger partial charge in [0, 0.05) is 44.1 Å². The minimum absolute atomic E-state index is 0.0117. The lowest BCUT2D eigenvalue weighted by atomic mass is 9.96. The van der Waals surface area contributed by atoms with Crippen LogP contribution in [0.4, 0.5) is 13.2 Å². The summed E-state index contributed by atoms with van der Waals surface area (Å²) in [5.41, 5.74) is 0.698. The number of ether oxygens (including phenoxy) is 1. The van der Waals surface area contributed by atoms with Crippen molar-refractivity contribution in [2.45, 2.75) is 45.8 Å². The first-order valence-electron chi connectivity index (χ1n) is 10.4.